The van der Waals surface area contributed by atoms with Gasteiger partial charge in [0.05, 0.1) is 31.7 Å². The Morgan fingerprint density at radius 1 is 1.12 bits per heavy atom. The standard InChI is InChI=1S/C24H26N2O5S2/c1-30-20-13-16-10-11-26(24(22-5-4-12-32-22)19(16)14-21(20)31-2)15-23(27)25-17-6-8-18(9-7-17)33(3,28)29/h4-9,12-14,24H,10-11,15H2,1-3H3,(H,25,27)/t24-/m0/s1. The van der Waals surface area contributed by atoms with Gasteiger partial charge in [-0.1, -0.05) is 6.07 Å². The van der Waals surface area contributed by atoms with Crippen LogP contribution in [0.2, 0.25) is 0 Å². The number of amides is 1. The zero-order valence-corrected chi connectivity index (χ0v) is 20.3. The zero-order chi connectivity index (χ0) is 23.6. The summed E-state index contributed by atoms with van der Waals surface area (Å²) in [7, 11) is -0.0349. The van der Waals surface area contributed by atoms with Crippen molar-refractivity contribution in [3.8, 4) is 11.5 Å². The minimum absolute atomic E-state index is 0.0769. The molecule has 0 fully saturated rings. The fourth-order valence-electron chi connectivity index (χ4n) is 4.12. The van der Waals surface area contributed by atoms with E-state index in [9.17, 15) is 13.2 Å². The maximum atomic E-state index is 12.9. The monoisotopic (exact) mass is 486 g/mol. The first kappa shape index (κ1) is 23.3. The molecule has 33 heavy (non-hydrogen) atoms. The predicted molar refractivity (Wildman–Crippen MR) is 129 cm³/mol. The van der Waals surface area contributed by atoms with Crippen LogP contribution in [0.25, 0.3) is 0 Å². The Bertz CT molecular complexity index is 1240. The zero-order valence-electron chi connectivity index (χ0n) is 18.7. The van der Waals surface area contributed by atoms with Gasteiger partial charge in [0.15, 0.2) is 21.3 Å². The van der Waals surface area contributed by atoms with Gasteiger partial charge >= 0.3 is 0 Å². The third kappa shape index (κ3) is 5.05. The first-order valence-electron chi connectivity index (χ1n) is 10.4. The van der Waals surface area contributed by atoms with E-state index in [1.807, 2.05) is 23.6 Å². The largest absolute Gasteiger partial charge is 0.493 e. The molecule has 0 radical (unpaired) electrons. The highest BCUT2D eigenvalue weighted by Crippen LogP contribution is 2.42. The van der Waals surface area contributed by atoms with Crippen molar-refractivity contribution in [2.24, 2.45) is 0 Å². The Labute approximate surface area is 197 Å². The fraction of sp³-hybridized carbons (Fsp3) is 0.292. The summed E-state index contributed by atoms with van der Waals surface area (Å²) < 4.78 is 34.3. The van der Waals surface area contributed by atoms with Crippen LogP contribution in [0.4, 0.5) is 5.69 Å². The minimum atomic E-state index is -3.28. The second kappa shape index (κ2) is 9.54. The SMILES string of the molecule is COc1cc2c(cc1OC)[C@@H](c1cccs1)N(CC(=O)Nc1ccc(S(C)(=O)=O)cc1)CC2. The second-order valence-corrected chi connectivity index (χ2v) is 10.9. The minimum Gasteiger partial charge on any atom is -0.493 e. The molecule has 1 N–H and O–H groups in total. The number of nitrogens with zero attached hydrogens (tertiary/aromatic N) is 1. The molecule has 0 spiro atoms. The second-order valence-electron chi connectivity index (χ2n) is 7.89. The highest BCUT2D eigenvalue weighted by atomic mass is 32.2. The molecule has 4 rings (SSSR count). The Morgan fingerprint density at radius 3 is 2.42 bits per heavy atom. The molecule has 0 saturated carbocycles. The molecule has 0 saturated heterocycles. The fourth-order valence-corrected chi connectivity index (χ4v) is 5.63. The normalized spacial score (nSPS) is 16.2. The number of fused-ring (bicyclic) bond motifs is 1. The molecule has 9 heteroatoms. The molecule has 1 amide bonds. The van der Waals surface area contributed by atoms with Gasteiger partial charge in [0, 0.05) is 23.4 Å². The van der Waals surface area contributed by atoms with E-state index in [1.165, 1.54) is 17.7 Å². The van der Waals surface area contributed by atoms with Crippen LogP contribution in [0, 0.1) is 0 Å². The molecule has 0 aliphatic carbocycles. The average Bonchev–Trinajstić information content (AvgIpc) is 3.32. The average molecular weight is 487 g/mol. The van der Waals surface area contributed by atoms with Crippen LogP contribution >= 0.6 is 11.3 Å². The van der Waals surface area contributed by atoms with E-state index < -0.39 is 9.84 Å². The molecular weight excluding hydrogens is 460 g/mol. The Hall–Kier alpha value is -2.88. The maximum Gasteiger partial charge on any atom is 0.238 e. The van der Waals surface area contributed by atoms with E-state index in [1.54, 1.807) is 37.7 Å². The number of hydrogen-bond donors (Lipinski definition) is 1. The van der Waals surface area contributed by atoms with Gasteiger partial charge in [-0.25, -0.2) is 8.42 Å². The Kier molecular flexibility index (Phi) is 6.73. The van der Waals surface area contributed by atoms with Crippen LogP contribution in [-0.4, -0.2) is 52.8 Å². The van der Waals surface area contributed by atoms with Crippen LogP contribution in [0.3, 0.4) is 0 Å². The van der Waals surface area contributed by atoms with E-state index >= 15 is 0 Å². The quantitative estimate of drug-likeness (QED) is 0.548. The van der Waals surface area contributed by atoms with Crippen molar-refractivity contribution in [3.63, 3.8) is 0 Å². The summed E-state index contributed by atoms with van der Waals surface area (Å²) in [6.07, 6.45) is 1.94. The first-order chi connectivity index (χ1) is 15.8. The number of rotatable bonds is 7. The van der Waals surface area contributed by atoms with E-state index in [0.29, 0.717) is 23.7 Å². The topological polar surface area (TPSA) is 84.9 Å². The van der Waals surface area contributed by atoms with Crippen LogP contribution < -0.4 is 14.8 Å². The number of methoxy groups -OCH3 is 2. The van der Waals surface area contributed by atoms with Gasteiger partial charge < -0.3 is 14.8 Å². The number of thiophene rings is 1. The lowest BCUT2D eigenvalue weighted by Crippen LogP contribution is -2.40. The molecule has 2 aromatic carbocycles. The number of ether oxygens (including phenoxy) is 2. The molecule has 1 aliphatic rings. The van der Waals surface area contributed by atoms with Gasteiger partial charge in [-0.15, -0.1) is 11.3 Å². The van der Waals surface area contributed by atoms with Gasteiger partial charge in [0.1, 0.15) is 0 Å². The van der Waals surface area contributed by atoms with Gasteiger partial charge in [0.25, 0.3) is 0 Å². The predicted octanol–water partition coefficient (Wildman–Crippen LogP) is 3.76. The van der Waals surface area contributed by atoms with E-state index in [-0.39, 0.29) is 23.4 Å². The molecular formula is C24H26N2O5S2. The summed E-state index contributed by atoms with van der Waals surface area (Å²) in [5, 5.41) is 4.92. The van der Waals surface area contributed by atoms with Crippen molar-refractivity contribution in [3.05, 3.63) is 69.9 Å². The first-order valence-corrected chi connectivity index (χ1v) is 13.2. The number of anilines is 1. The third-order valence-corrected chi connectivity index (χ3v) is 7.75. The number of benzene rings is 2. The van der Waals surface area contributed by atoms with Crippen molar-refractivity contribution in [1.29, 1.82) is 0 Å². The van der Waals surface area contributed by atoms with Gasteiger partial charge in [-0.3, -0.25) is 9.69 Å². The Balaban J connectivity index is 1.58. The van der Waals surface area contributed by atoms with Crippen molar-refractivity contribution in [2.45, 2.75) is 17.4 Å². The smallest absolute Gasteiger partial charge is 0.238 e. The Morgan fingerprint density at radius 2 is 1.82 bits per heavy atom. The summed E-state index contributed by atoms with van der Waals surface area (Å²) in [5.41, 5.74) is 2.84. The van der Waals surface area contributed by atoms with Crippen molar-refractivity contribution < 1.29 is 22.7 Å². The van der Waals surface area contributed by atoms with Crippen molar-refractivity contribution in [2.75, 3.05) is 38.9 Å². The summed E-state index contributed by atoms with van der Waals surface area (Å²) in [6.45, 7) is 0.912. The van der Waals surface area contributed by atoms with Crippen molar-refractivity contribution in [1.82, 2.24) is 4.90 Å². The highest BCUT2D eigenvalue weighted by molar-refractivity contribution is 7.90. The number of nitrogens with one attached hydrogen (secondary N) is 1. The van der Waals surface area contributed by atoms with Crippen LogP contribution in [-0.2, 0) is 21.1 Å². The summed E-state index contributed by atoms with van der Waals surface area (Å²) in [6, 6.07) is 14.2. The number of carbonyl (C=O) groups excluding carboxylic acids is 1. The molecule has 1 aliphatic heterocycles. The molecule has 0 bridgehead atoms. The summed E-state index contributed by atoms with van der Waals surface area (Å²) in [4.78, 5) is 16.4. The molecule has 2 heterocycles. The highest BCUT2D eigenvalue weighted by Gasteiger charge is 2.32. The van der Waals surface area contributed by atoms with Crippen LogP contribution in [0.15, 0.2) is 58.8 Å². The van der Waals surface area contributed by atoms with Gasteiger partial charge in [-0.2, -0.15) is 0 Å². The molecule has 3 aromatic rings. The lowest BCUT2D eigenvalue weighted by atomic mass is 9.91. The molecule has 1 atom stereocenters. The molecule has 0 unspecified atom stereocenters. The lowest BCUT2D eigenvalue weighted by Gasteiger charge is -2.37. The molecule has 174 valence electrons. The summed E-state index contributed by atoms with van der Waals surface area (Å²) >= 11 is 1.65. The lowest BCUT2D eigenvalue weighted by molar-refractivity contribution is -0.117. The van der Waals surface area contributed by atoms with Gasteiger partial charge in [-0.05, 0) is 65.4 Å². The van der Waals surface area contributed by atoms with Crippen molar-refractivity contribution >= 4 is 32.8 Å². The number of hydrogen-bond acceptors (Lipinski definition) is 7. The third-order valence-electron chi connectivity index (χ3n) is 5.70. The maximum absolute atomic E-state index is 12.9. The number of carbonyl (C=O) groups is 1. The van der Waals surface area contributed by atoms with Crippen LogP contribution in [0.1, 0.15) is 22.0 Å². The van der Waals surface area contributed by atoms with Gasteiger partial charge in [0.2, 0.25) is 5.91 Å². The number of sulfone groups is 1. The summed E-state index contributed by atoms with van der Waals surface area (Å²) in [5.74, 6) is 1.20. The van der Waals surface area contributed by atoms with E-state index in [0.717, 1.165) is 23.1 Å². The van der Waals surface area contributed by atoms with E-state index in [4.69, 9.17) is 9.47 Å². The van der Waals surface area contributed by atoms with E-state index in [2.05, 4.69) is 16.3 Å². The molecule has 1 aromatic heterocycles. The molecule has 7 nitrogen and oxygen atoms in total. The van der Waals surface area contributed by atoms with Crippen LogP contribution in [0.5, 0.6) is 11.5 Å².